The van der Waals surface area contributed by atoms with Gasteiger partial charge in [0.1, 0.15) is 18.2 Å². The normalized spacial score (nSPS) is 12.0. The molecule has 146 valence electrons. The number of para-hydroxylation sites is 1. The van der Waals surface area contributed by atoms with Gasteiger partial charge in [-0.2, -0.15) is 0 Å². The Kier molecular flexibility index (Phi) is 7.46. The van der Waals surface area contributed by atoms with Crippen LogP contribution in [0.2, 0.25) is 5.02 Å². The van der Waals surface area contributed by atoms with Crippen LogP contribution in [-0.4, -0.2) is 6.04 Å². The number of hydrogen-bond donors (Lipinski definition) is 1. The topological polar surface area (TPSA) is 21.3 Å². The van der Waals surface area contributed by atoms with E-state index < -0.39 is 0 Å². The van der Waals surface area contributed by atoms with Gasteiger partial charge in [-0.05, 0) is 43.5 Å². The molecule has 0 spiro atoms. The standard InChI is InChI=1S/C24H25ClFNO/c1-18(11-12-19-7-3-2-4-8-19)27-16-20-9-5-6-10-24(20)28-17-21-13-14-22(26)15-23(21)25/h2-10,13-15,18,27H,11-12,16-17H2,1H3/t18-/m1/s1. The van der Waals surface area contributed by atoms with Crippen LogP contribution in [0.3, 0.4) is 0 Å². The summed E-state index contributed by atoms with van der Waals surface area (Å²) in [5.41, 5.74) is 3.21. The summed E-state index contributed by atoms with van der Waals surface area (Å²) in [5.74, 6) is 0.466. The van der Waals surface area contributed by atoms with E-state index in [0.29, 0.717) is 17.7 Å². The molecule has 0 radical (unpaired) electrons. The number of nitrogens with one attached hydrogen (secondary N) is 1. The van der Waals surface area contributed by atoms with E-state index in [1.165, 1.54) is 17.7 Å². The molecule has 0 aromatic heterocycles. The molecule has 0 heterocycles. The lowest BCUT2D eigenvalue weighted by molar-refractivity contribution is 0.301. The minimum atomic E-state index is -0.345. The Morgan fingerprint density at radius 2 is 1.71 bits per heavy atom. The zero-order valence-corrected chi connectivity index (χ0v) is 16.8. The third-order valence-corrected chi connectivity index (χ3v) is 5.07. The molecular weight excluding hydrogens is 373 g/mol. The summed E-state index contributed by atoms with van der Waals surface area (Å²) in [5, 5.41) is 3.95. The maximum absolute atomic E-state index is 13.2. The molecule has 0 bridgehead atoms. The average molecular weight is 398 g/mol. The molecule has 2 nitrogen and oxygen atoms in total. The molecule has 0 fully saturated rings. The molecule has 1 atom stereocenters. The van der Waals surface area contributed by atoms with Gasteiger partial charge in [-0.3, -0.25) is 0 Å². The fourth-order valence-corrected chi connectivity index (χ4v) is 3.22. The second kappa shape index (κ2) is 10.3. The van der Waals surface area contributed by atoms with E-state index in [4.69, 9.17) is 16.3 Å². The van der Waals surface area contributed by atoms with Gasteiger partial charge in [0, 0.05) is 23.7 Å². The molecule has 0 aliphatic rings. The predicted octanol–water partition coefficient (Wildman–Crippen LogP) is 6.17. The average Bonchev–Trinajstić information content (AvgIpc) is 2.71. The SMILES string of the molecule is C[C@H](CCc1ccccc1)NCc1ccccc1OCc1ccc(F)cc1Cl. The van der Waals surface area contributed by atoms with E-state index in [1.807, 2.05) is 24.3 Å². The zero-order chi connectivity index (χ0) is 19.8. The second-order valence-corrected chi connectivity index (χ2v) is 7.35. The third-order valence-electron chi connectivity index (χ3n) is 4.72. The smallest absolute Gasteiger partial charge is 0.124 e. The van der Waals surface area contributed by atoms with Gasteiger partial charge < -0.3 is 10.1 Å². The summed E-state index contributed by atoms with van der Waals surface area (Å²) in [6.07, 6.45) is 2.12. The van der Waals surface area contributed by atoms with Crippen molar-refractivity contribution in [1.82, 2.24) is 5.32 Å². The minimum absolute atomic E-state index is 0.305. The lowest BCUT2D eigenvalue weighted by Crippen LogP contribution is -2.26. The molecule has 1 N–H and O–H groups in total. The summed E-state index contributed by atoms with van der Waals surface area (Å²) in [7, 11) is 0. The van der Waals surface area contributed by atoms with E-state index in [1.54, 1.807) is 6.07 Å². The molecule has 0 saturated heterocycles. The van der Waals surface area contributed by atoms with Crippen molar-refractivity contribution >= 4 is 11.6 Å². The third kappa shape index (κ3) is 6.08. The highest BCUT2D eigenvalue weighted by molar-refractivity contribution is 6.31. The first-order valence-corrected chi connectivity index (χ1v) is 9.91. The zero-order valence-electron chi connectivity index (χ0n) is 16.0. The molecule has 4 heteroatoms. The maximum atomic E-state index is 13.2. The Morgan fingerprint density at radius 3 is 2.50 bits per heavy atom. The number of hydrogen-bond acceptors (Lipinski definition) is 2. The highest BCUT2D eigenvalue weighted by Crippen LogP contribution is 2.23. The lowest BCUT2D eigenvalue weighted by Gasteiger charge is -2.16. The molecule has 3 rings (SSSR count). The fraction of sp³-hybridized carbons (Fsp3) is 0.250. The molecule has 3 aromatic carbocycles. The number of aryl methyl sites for hydroxylation is 1. The Morgan fingerprint density at radius 1 is 0.964 bits per heavy atom. The van der Waals surface area contributed by atoms with Gasteiger partial charge in [0.05, 0.1) is 5.02 Å². The molecular formula is C24H25ClFNO. The van der Waals surface area contributed by atoms with Crippen LogP contribution in [0.4, 0.5) is 4.39 Å². The van der Waals surface area contributed by atoms with Crippen molar-refractivity contribution in [2.45, 2.75) is 39.0 Å². The highest BCUT2D eigenvalue weighted by atomic mass is 35.5. The molecule has 0 unspecified atom stereocenters. The first kappa shape index (κ1) is 20.4. The van der Waals surface area contributed by atoms with Crippen molar-refractivity contribution in [3.05, 3.63) is 100 Å². The van der Waals surface area contributed by atoms with Crippen molar-refractivity contribution < 1.29 is 9.13 Å². The highest BCUT2D eigenvalue weighted by Gasteiger charge is 2.08. The van der Waals surface area contributed by atoms with Crippen LogP contribution in [0.1, 0.15) is 30.0 Å². The monoisotopic (exact) mass is 397 g/mol. The van der Waals surface area contributed by atoms with Crippen molar-refractivity contribution in [1.29, 1.82) is 0 Å². The van der Waals surface area contributed by atoms with Crippen LogP contribution >= 0.6 is 11.6 Å². The Balaban J connectivity index is 1.53. The van der Waals surface area contributed by atoms with Crippen LogP contribution in [0.15, 0.2) is 72.8 Å². The molecule has 0 saturated carbocycles. The largest absolute Gasteiger partial charge is 0.489 e. The van der Waals surface area contributed by atoms with Crippen molar-refractivity contribution in [2.24, 2.45) is 0 Å². The van der Waals surface area contributed by atoms with Crippen LogP contribution in [-0.2, 0) is 19.6 Å². The maximum Gasteiger partial charge on any atom is 0.124 e. The van der Waals surface area contributed by atoms with Gasteiger partial charge in [0.25, 0.3) is 0 Å². The minimum Gasteiger partial charge on any atom is -0.489 e. The van der Waals surface area contributed by atoms with Crippen molar-refractivity contribution in [2.75, 3.05) is 0 Å². The molecule has 0 amide bonds. The van der Waals surface area contributed by atoms with Gasteiger partial charge in [-0.1, -0.05) is 66.2 Å². The first-order chi connectivity index (χ1) is 13.6. The Labute approximate surface area is 171 Å². The van der Waals surface area contributed by atoms with Crippen molar-refractivity contribution in [3.8, 4) is 5.75 Å². The molecule has 3 aromatic rings. The predicted molar refractivity (Wildman–Crippen MR) is 113 cm³/mol. The molecule has 0 aliphatic carbocycles. The first-order valence-electron chi connectivity index (χ1n) is 9.54. The van der Waals surface area contributed by atoms with Gasteiger partial charge in [0.15, 0.2) is 0 Å². The van der Waals surface area contributed by atoms with Gasteiger partial charge in [-0.15, -0.1) is 0 Å². The van der Waals surface area contributed by atoms with E-state index in [9.17, 15) is 4.39 Å². The summed E-state index contributed by atoms with van der Waals surface area (Å²) in [6, 6.07) is 23.2. The van der Waals surface area contributed by atoms with E-state index >= 15 is 0 Å². The fourth-order valence-electron chi connectivity index (χ4n) is 3.00. The van der Waals surface area contributed by atoms with Crippen molar-refractivity contribution in [3.63, 3.8) is 0 Å². The van der Waals surface area contributed by atoms with Crippen LogP contribution in [0.25, 0.3) is 0 Å². The number of rotatable bonds is 9. The van der Waals surface area contributed by atoms with E-state index in [0.717, 1.165) is 36.3 Å². The lowest BCUT2D eigenvalue weighted by atomic mass is 10.1. The van der Waals surface area contributed by atoms with Gasteiger partial charge >= 0.3 is 0 Å². The van der Waals surface area contributed by atoms with Gasteiger partial charge in [0.2, 0.25) is 0 Å². The summed E-state index contributed by atoms with van der Waals surface area (Å²) >= 11 is 6.09. The number of ether oxygens (including phenoxy) is 1. The van der Waals surface area contributed by atoms with Crippen LogP contribution in [0.5, 0.6) is 5.75 Å². The van der Waals surface area contributed by atoms with E-state index in [-0.39, 0.29) is 5.82 Å². The molecule has 28 heavy (non-hydrogen) atoms. The Hall–Kier alpha value is -2.36. The van der Waals surface area contributed by atoms with Crippen LogP contribution in [0, 0.1) is 5.82 Å². The van der Waals surface area contributed by atoms with Crippen LogP contribution < -0.4 is 10.1 Å². The quantitative estimate of drug-likeness (QED) is 0.466. The Bertz CT molecular complexity index is 885. The van der Waals surface area contributed by atoms with Gasteiger partial charge in [-0.25, -0.2) is 4.39 Å². The summed E-state index contributed by atoms with van der Waals surface area (Å²) in [6.45, 7) is 3.23. The number of benzene rings is 3. The summed E-state index contributed by atoms with van der Waals surface area (Å²) < 4.78 is 19.1. The van der Waals surface area contributed by atoms with E-state index in [2.05, 4.69) is 42.6 Å². The molecule has 0 aliphatic heterocycles. The summed E-state index contributed by atoms with van der Waals surface area (Å²) in [4.78, 5) is 0. The number of halogens is 2. The second-order valence-electron chi connectivity index (χ2n) is 6.94.